The summed E-state index contributed by atoms with van der Waals surface area (Å²) in [5, 5.41) is 2.35. The van der Waals surface area contributed by atoms with E-state index in [2.05, 4.69) is 19.9 Å². The predicted octanol–water partition coefficient (Wildman–Crippen LogP) is 1.68. The summed E-state index contributed by atoms with van der Waals surface area (Å²) in [5.74, 6) is 1.22. The summed E-state index contributed by atoms with van der Waals surface area (Å²) in [5.41, 5.74) is 6.44. The molecule has 3 heterocycles. The van der Waals surface area contributed by atoms with E-state index in [9.17, 15) is 4.79 Å². The van der Waals surface area contributed by atoms with Crippen molar-refractivity contribution in [3.05, 3.63) is 27.6 Å². The van der Waals surface area contributed by atoms with Gasteiger partial charge in [-0.1, -0.05) is 11.8 Å². The van der Waals surface area contributed by atoms with E-state index in [0.29, 0.717) is 27.1 Å². The van der Waals surface area contributed by atoms with E-state index in [-0.39, 0.29) is 16.8 Å². The molecule has 0 aromatic carbocycles. The van der Waals surface area contributed by atoms with Crippen molar-refractivity contribution in [2.24, 2.45) is 7.05 Å². The summed E-state index contributed by atoms with van der Waals surface area (Å²) >= 11 is 2.81. The van der Waals surface area contributed by atoms with E-state index in [1.54, 1.807) is 16.5 Å². The number of hydrogen-bond donors (Lipinski definition) is 1. The number of anilines is 2. The van der Waals surface area contributed by atoms with Crippen LogP contribution in [0.25, 0.3) is 10.2 Å². The minimum Gasteiger partial charge on any atom is -0.368 e. The zero-order valence-electron chi connectivity index (χ0n) is 13.7. The minimum absolute atomic E-state index is 0.0474. The Bertz CT molecular complexity index is 950. The number of nitrogens with zero attached hydrogens (tertiary/aromatic N) is 6. The third-order valence-electron chi connectivity index (χ3n) is 3.35. The van der Waals surface area contributed by atoms with Crippen LogP contribution in [0.1, 0.15) is 18.0 Å². The Labute approximate surface area is 146 Å². The maximum atomic E-state index is 12.4. The highest BCUT2D eigenvalue weighted by molar-refractivity contribution is 7.99. The SMILES string of the molecule is CC(Sc1nc2ccsc2c(=O)n1C)c1nc(N)nc(N(C)C)n1. The zero-order valence-corrected chi connectivity index (χ0v) is 15.4. The Balaban J connectivity index is 1.97. The van der Waals surface area contributed by atoms with Crippen LogP contribution in [0.15, 0.2) is 21.4 Å². The lowest BCUT2D eigenvalue weighted by molar-refractivity contribution is 0.723. The van der Waals surface area contributed by atoms with Crippen molar-refractivity contribution in [2.75, 3.05) is 24.7 Å². The quantitative estimate of drug-likeness (QED) is 0.552. The molecule has 0 saturated carbocycles. The fourth-order valence-corrected chi connectivity index (χ4v) is 3.79. The Kier molecular flexibility index (Phi) is 4.41. The van der Waals surface area contributed by atoms with E-state index in [4.69, 9.17) is 5.73 Å². The molecule has 0 amide bonds. The van der Waals surface area contributed by atoms with Gasteiger partial charge in [0.2, 0.25) is 11.9 Å². The van der Waals surface area contributed by atoms with Crippen LogP contribution in [0.2, 0.25) is 0 Å². The molecule has 0 radical (unpaired) electrons. The van der Waals surface area contributed by atoms with Crippen molar-refractivity contribution in [3.63, 3.8) is 0 Å². The standard InChI is InChI=1S/C14H17N7OS2/c1-7(10-17-12(15)19-13(18-10)20(2)3)24-14-16-8-5-6-23-9(8)11(22)21(14)4/h5-7H,1-4H3,(H2,15,17,18,19). The van der Waals surface area contributed by atoms with Crippen LogP contribution in [0.3, 0.4) is 0 Å². The van der Waals surface area contributed by atoms with Gasteiger partial charge >= 0.3 is 0 Å². The van der Waals surface area contributed by atoms with Crippen molar-refractivity contribution in [1.82, 2.24) is 24.5 Å². The van der Waals surface area contributed by atoms with Crippen LogP contribution < -0.4 is 16.2 Å². The number of thioether (sulfide) groups is 1. The minimum atomic E-state index is -0.136. The van der Waals surface area contributed by atoms with Gasteiger partial charge in [-0.25, -0.2) is 4.98 Å². The molecule has 0 bridgehead atoms. The van der Waals surface area contributed by atoms with Gasteiger partial charge in [0.25, 0.3) is 5.56 Å². The van der Waals surface area contributed by atoms with Crippen LogP contribution in [0, 0.1) is 0 Å². The summed E-state index contributed by atoms with van der Waals surface area (Å²) in [6.45, 7) is 1.95. The van der Waals surface area contributed by atoms with Crippen LogP contribution in [-0.4, -0.2) is 38.6 Å². The third kappa shape index (κ3) is 3.06. The van der Waals surface area contributed by atoms with E-state index in [1.165, 1.54) is 23.1 Å². The molecule has 3 rings (SSSR count). The topological polar surface area (TPSA) is 103 Å². The summed E-state index contributed by atoms with van der Waals surface area (Å²) in [6.07, 6.45) is 0. The molecule has 0 aliphatic heterocycles. The monoisotopic (exact) mass is 363 g/mol. The first-order valence-corrected chi connectivity index (χ1v) is 8.92. The second kappa shape index (κ2) is 6.36. The predicted molar refractivity (Wildman–Crippen MR) is 97.7 cm³/mol. The van der Waals surface area contributed by atoms with Crippen molar-refractivity contribution >= 4 is 45.2 Å². The number of rotatable bonds is 4. The summed E-state index contributed by atoms with van der Waals surface area (Å²) in [4.78, 5) is 31.4. The summed E-state index contributed by atoms with van der Waals surface area (Å²) in [7, 11) is 5.40. The first-order valence-electron chi connectivity index (χ1n) is 7.16. The van der Waals surface area contributed by atoms with Gasteiger partial charge in [-0.3, -0.25) is 9.36 Å². The Morgan fingerprint density at radius 3 is 2.75 bits per heavy atom. The van der Waals surface area contributed by atoms with Crippen LogP contribution in [0.4, 0.5) is 11.9 Å². The molecule has 0 fully saturated rings. The molecule has 8 nitrogen and oxygen atoms in total. The maximum Gasteiger partial charge on any atom is 0.271 e. The zero-order chi connectivity index (χ0) is 17.4. The molecule has 0 aliphatic carbocycles. The van der Waals surface area contributed by atoms with Crippen LogP contribution in [0.5, 0.6) is 0 Å². The van der Waals surface area contributed by atoms with E-state index in [1.807, 2.05) is 32.5 Å². The second-order valence-electron chi connectivity index (χ2n) is 5.40. The molecule has 0 saturated heterocycles. The van der Waals surface area contributed by atoms with Crippen molar-refractivity contribution < 1.29 is 0 Å². The molecule has 0 aliphatic rings. The lowest BCUT2D eigenvalue weighted by Gasteiger charge is -2.15. The van der Waals surface area contributed by atoms with Crippen LogP contribution >= 0.6 is 23.1 Å². The highest BCUT2D eigenvalue weighted by Gasteiger charge is 2.18. The number of nitrogen functional groups attached to an aromatic ring is 1. The van der Waals surface area contributed by atoms with Crippen LogP contribution in [-0.2, 0) is 7.05 Å². The van der Waals surface area contributed by atoms with Crippen molar-refractivity contribution in [2.45, 2.75) is 17.3 Å². The molecule has 3 aromatic heterocycles. The molecule has 126 valence electrons. The average Bonchev–Trinajstić information content (AvgIpc) is 3.00. The molecule has 2 N–H and O–H groups in total. The Morgan fingerprint density at radius 2 is 2.04 bits per heavy atom. The number of fused-ring (bicyclic) bond motifs is 1. The van der Waals surface area contributed by atoms with Gasteiger partial charge in [0.15, 0.2) is 5.16 Å². The van der Waals surface area contributed by atoms with E-state index >= 15 is 0 Å². The third-order valence-corrected chi connectivity index (χ3v) is 5.38. The maximum absolute atomic E-state index is 12.4. The van der Waals surface area contributed by atoms with E-state index < -0.39 is 0 Å². The fraction of sp³-hybridized carbons (Fsp3) is 0.357. The second-order valence-corrected chi connectivity index (χ2v) is 7.62. The number of thiophene rings is 1. The smallest absolute Gasteiger partial charge is 0.271 e. The van der Waals surface area contributed by atoms with Gasteiger partial charge in [0, 0.05) is 21.1 Å². The van der Waals surface area contributed by atoms with Gasteiger partial charge < -0.3 is 10.6 Å². The van der Waals surface area contributed by atoms with Crippen molar-refractivity contribution in [1.29, 1.82) is 0 Å². The largest absolute Gasteiger partial charge is 0.368 e. The number of nitrogens with two attached hydrogens (primary N) is 1. The summed E-state index contributed by atoms with van der Waals surface area (Å²) in [6, 6.07) is 1.85. The fourth-order valence-electron chi connectivity index (χ4n) is 2.06. The number of hydrogen-bond acceptors (Lipinski definition) is 9. The molecule has 1 unspecified atom stereocenters. The van der Waals surface area contributed by atoms with Gasteiger partial charge in [-0.2, -0.15) is 15.0 Å². The van der Waals surface area contributed by atoms with Gasteiger partial charge in [-0.15, -0.1) is 11.3 Å². The molecule has 3 aromatic rings. The van der Waals surface area contributed by atoms with Crippen molar-refractivity contribution in [3.8, 4) is 0 Å². The average molecular weight is 363 g/mol. The Hall–Kier alpha value is -2.20. The number of aromatic nitrogens is 5. The lowest BCUT2D eigenvalue weighted by atomic mass is 10.4. The Morgan fingerprint density at radius 1 is 1.29 bits per heavy atom. The van der Waals surface area contributed by atoms with E-state index in [0.717, 1.165) is 0 Å². The highest BCUT2D eigenvalue weighted by atomic mass is 32.2. The lowest BCUT2D eigenvalue weighted by Crippen LogP contribution is -2.19. The molecular formula is C14H17N7OS2. The van der Waals surface area contributed by atoms with Gasteiger partial charge in [0.1, 0.15) is 10.5 Å². The normalized spacial score (nSPS) is 12.5. The van der Waals surface area contributed by atoms with Gasteiger partial charge in [0.05, 0.1) is 10.8 Å². The van der Waals surface area contributed by atoms with Gasteiger partial charge in [-0.05, 0) is 18.4 Å². The first kappa shape index (κ1) is 16.7. The molecule has 1 atom stereocenters. The molecule has 10 heteroatoms. The molecule has 24 heavy (non-hydrogen) atoms. The molecule has 0 spiro atoms. The first-order chi connectivity index (χ1) is 11.4. The summed E-state index contributed by atoms with van der Waals surface area (Å²) < 4.78 is 2.21. The highest BCUT2D eigenvalue weighted by Crippen LogP contribution is 2.32. The molecular weight excluding hydrogens is 346 g/mol.